The molecule has 0 radical (unpaired) electrons. The van der Waals surface area contributed by atoms with Gasteiger partial charge in [-0.15, -0.1) is 0 Å². The Morgan fingerprint density at radius 2 is 2.11 bits per heavy atom. The Morgan fingerprint density at radius 3 is 3.05 bits per heavy atom. The summed E-state index contributed by atoms with van der Waals surface area (Å²) in [4.78, 5) is 7.09. The first kappa shape index (κ1) is 12.6. The van der Waals surface area contributed by atoms with Crippen molar-refractivity contribution in [2.45, 2.75) is 19.9 Å². The number of pyridine rings is 1. The van der Waals surface area contributed by atoms with Crippen molar-refractivity contribution in [3.63, 3.8) is 0 Å². The van der Waals surface area contributed by atoms with Crippen LogP contribution in [-0.2, 0) is 11.3 Å². The van der Waals surface area contributed by atoms with Crippen molar-refractivity contribution in [2.24, 2.45) is 0 Å². The largest absolute Gasteiger partial charge is 0.380 e. The Kier molecular flexibility index (Phi) is 3.76. The zero-order chi connectivity index (χ0) is 13.1. The molecule has 3 rings (SSSR count). The number of ether oxygens (including phenoxy) is 1. The highest BCUT2D eigenvalue weighted by molar-refractivity contribution is 5.82. The zero-order valence-corrected chi connectivity index (χ0v) is 11.4. The molecule has 1 saturated heterocycles. The van der Waals surface area contributed by atoms with E-state index in [1.54, 1.807) is 0 Å². The van der Waals surface area contributed by atoms with Crippen LogP contribution in [0.5, 0.6) is 0 Å². The van der Waals surface area contributed by atoms with Crippen LogP contribution in [0.2, 0.25) is 0 Å². The molecule has 0 aliphatic carbocycles. The summed E-state index contributed by atoms with van der Waals surface area (Å²) >= 11 is 0. The molecule has 1 aliphatic rings. The van der Waals surface area contributed by atoms with Crippen LogP contribution in [0.25, 0.3) is 10.9 Å². The number of aryl methyl sites for hydroxylation is 1. The molecule has 2 heterocycles. The lowest BCUT2D eigenvalue weighted by atomic mass is 10.1. The third-order valence-corrected chi connectivity index (χ3v) is 3.64. The van der Waals surface area contributed by atoms with Gasteiger partial charge in [0.1, 0.15) is 0 Å². The normalized spacial score (nSPS) is 17.5. The van der Waals surface area contributed by atoms with Crippen molar-refractivity contribution in [3.8, 4) is 0 Å². The van der Waals surface area contributed by atoms with E-state index in [2.05, 4.69) is 47.1 Å². The van der Waals surface area contributed by atoms with E-state index >= 15 is 0 Å². The van der Waals surface area contributed by atoms with Gasteiger partial charge in [0.15, 0.2) is 0 Å². The number of hydrogen-bond acceptors (Lipinski definition) is 3. The Hall–Kier alpha value is -1.45. The fraction of sp³-hybridized carbons (Fsp3) is 0.438. The first-order valence-electron chi connectivity index (χ1n) is 6.98. The molecule has 100 valence electrons. The molecule has 1 aromatic carbocycles. The van der Waals surface area contributed by atoms with Gasteiger partial charge in [0.25, 0.3) is 0 Å². The molecular weight excluding hydrogens is 236 g/mol. The SMILES string of the molecule is Cc1cc(CN2CCCOCC2)c2ccccc2n1. The Balaban J connectivity index is 1.90. The van der Waals surface area contributed by atoms with E-state index in [0.29, 0.717) is 0 Å². The highest BCUT2D eigenvalue weighted by Gasteiger charge is 2.12. The molecule has 0 atom stereocenters. The van der Waals surface area contributed by atoms with Gasteiger partial charge < -0.3 is 4.74 Å². The summed E-state index contributed by atoms with van der Waals surface area (Å²) in [6, 6.07) is 10.6. The Labute approximate surface area is 114 Å². The summed E-state index contributed by atoms with van der Waals surface area (Å²) in [7, 11) is 0. The quantitative estimate of drug-likeness (QED) is 0.826. The second kappa shape index (κ2) is 5.68. The molecule has 1 aromatic heterocycles. The number of hydrogen-bond donors (Lipinski definition) is 0. The molecule has 1 fully saturated rings. The van der Waals surface area contributed by atoms with Gasteiger partial charge in [-0.05, 0) is 31.0 Å². The highest BCUT2D eigenvalue weighted by atomic mass is 16.5. The molecule has 0 saturated carbocycles. The van der Waals surface area contributed by atoms with Crippen LogP contribution in [-0.4, -0.2) is 36.2 Å². The smallest absolute Gasteiger partial charge is 0.0708 e. The fourth-order valence-corrected chi connectivity index (χ4v) is 2.72. The minimum atomic E-state index is 0.849. The molecule has 1 aliphatic heterocycles. The summed E-state index contributed by atoms with van der Waals surface area (Å²) in [5, 5.41) is 1.28. The monoisotopic (exact) mass is 256 g/mol. The van der Waals surface area contributed by atoms with E-state index in [4.69, 9.17) is 4.74 Å². The number of para-hydroxylation sites is 1. The number of fused-ring (bicyclic) bond motifs is 1. The van der Waals surface area contributed by atoms with E-state index in [1.807, 2.05) is 0 Å². The first-order valence-corrected chi connectivity index (χ1v) is 6.98. The summed E-state index contributed by atoms with van der Waals surface area (Å²) in [5.41, 5.74) is 3.58. The van der Waals surface area contributed by atoms with Crippen LogP contribution in [0.1, 0.15) is 17.7 Å². The number of aromatic nitrogens is 1. The molecule has 0 N–H and O–H groups in total. The van der Waals surface area contributed by atoms with Crippen molar-refractivity contribution in [1.29, 1.82) is 0 Å². The van der Waals surface area contributed by atoms with Crippen LogP contribution < -0.4 is 0 Å². The van der Waals surface area contributed by atoms with Crippen molar-refractivity contribution in [1.82, 2.24) is 9.88 Å². The number of benzene rings is 1. The van der Waals surface area contributed by atoms with Crippen molar-refractivity contribution in [2.75, 3.05) is 26.3 Å². The number of nitrogens with zero attached hydrogens (tertiary/aromatic N) is 2. The van der Waals surface area contributed by atoms with Gasteiger partial charge in [-0.1, -0.05) is 18.2 Å². The number of rotatable bonds is 2. The molecular formula is C16H20N2O. The van der Waals surface area contributed by atoms with Gasteiger partial charge >= 0.3 is 0 Å². The molecule has 0 unspecified atom stereocenters. The Bertz CT molecular complexity index is 560. The lowest BCUT2D eigenvalue weighted by Gasteiger charge is -2.20. The molecule has 3 nitrogen and oxygen atoms in total. The second-order valence-corrected chi connectivity index (χ2v) is 5.18. The van der Waals surface area contributed by atoms with Gasteiger partial charge in [-0.2, -0.15) is 0 Å². The maximum Gasteiger partial charge on any atom is 0.0708 e. The van der Waals surface area contributed by atoms with E-state index in [1.165, 1.54) is 10.9 Å². The molecule has 0 spiro atoms. The van der Waals surface area contributed by atoms with Crippen LogP contribution in [0.15, 0.2) is 30.3 Å². The second-order valence-electron chi connectivity index (χ2n) is 5.18. The molecule has 0 bridgehead atoms. The van der Waals surface area contributed by atoms with E-state index in [9.17, 15) is 0 Å². The standard InChI is InChI=1S/C16H20N2O/c1-13-11-14(12-18-7-4-9-19-10-8-18)15-5-2-3-6-16(15)17-13/h2-3,5-6,11H,4,7-10,12H2,1H3. The predicted molar refractivity (Wildman–Crippen MR) is 77.2 cm³/mol. The van der Waals surface area contributed by atoms with Gasteiger partial charge in [-0.3, -0.25) is 9.88 Å². The highest BCUT2D eigenvalue weighted by Crippen LogP contribution is 2.20. The third kappa shape index (κ3) is 2.94. The van der Waals surface area contributed by atoms with Gasteiger partial charge in [0.2, 0.25) is 0 Å². The minimum Gasteiger partial charge on any atom is -0.380 e. The van der Waals surface area contributed by atoms with Crippen LogP contribution in [0.4, 0.5) is 0 Å². The summed E-state index contributed by atoms with van der Waals surface area (Å²) in [5.74, 6) is 0. The van der Waals surface area contributed by atoms with Crippen molar-refractivity contribution >= 4 is 10.9 Å². The lowest BCUT2D eigenvalue weighted by Crippen LogP contribution is -2.26. The van der Waals surface area contributed by atoms with Crippen molar-refractivity contribution in [3.05, 3.63) is 41.6 Å². The molecule has 3 heteroatoms. The maximum atomic E-state index is 5.52. The molecule has 19 heavy (non-hydrogen) atoms. The van der Waals surface area contributed by atoms with Crippen LogP contribution >= 0.6 is 0 Å². The lowest BCUT2D eigenvalue weighted by molar-refractivity contribution is 0.140. The third-order valence-electron chi connectivity index (χ3n) is 3.64. The van der Waals surface area contributed by atoms with Crippen LogP contribution in [0.3, 0.4) is 0 Å². The summed E-state index contributed by atoms with van der Waals surface area (Å²) < 4.78 is 5.52. The first-order chi connectivity index (χ1) is 9.33. The minimum absolute atomic E-state index is 0.849. The predicted octanol–water partition coefficient (Wildman–Crippen LogP) is 2.77. The molecule has 0 amide bonds. The average molecular weight is 256 g/mol. The van der Waals surface area contributed by atoms with E-state index in [0.717, 1.165) is 50.5 Å². The topological polar surface area (TPSA) is 25.4 Å². The zero-order valence-electron chi connectivity index (χ0n) is 11.4. The van der Waals surface area contributed by atoms with Crippen LogP contribution in [0, 0.1) is 6.92 Å². The van der Waals surface area contributed by atoms with Crippen molar-refractivity contribution < 1.29 is 4.74 Å². The van der Waals surface area contributed by atoms with Gasteiger partial charge in [0.05, 0.1) is 12.1 Å². The van der Waals surface area contributed by atoms with Gasteiger partial charge in [0, 0.05) is 37.3 Å². The maximum absolute atomic E-state index is 5.52. The van der Waals surface area contributed by atoms with E-state index in [-0.39, 0.29) is 0 Å². The molecule has 2 aromatic rings. The average Bonchev–Trinajstić information content (AvgIpc) is 2.67. The fourth-order valence-electron chi connectivity index (χ4n) is 2.72. The Morgan fingerprint density at radius 1 is 1.21 bits per heavy atom. The van der Waals surface area contributed by atoms with E-state index < -0.39 is 0 Å². The van der Waals surface area contributed by atoms with Gasteiger partial charge in [-0.25, -0.2) is 0 Å². The summed E-state index contributed by atoms with van der Waals surface area (Å²) in [6.07, 6.45) is 1.13. The summed E-state index contributed by atoms with van der Waals surface area (Å²) in [6.45, 7) is 6.95.